The van der Waals surface area contributed by atoms with Gasteiger partial charge in [0.2, 0.25) is 0 Å². The van der Waals surface area contributed by atoms with Crippen molar-refractivity contribution in [2.24, 2.45) is 0 Å². The number of hydrogen-bond acceptors (Lipinski definition) is 2. The molecular formula is C16H9ClF2O2. The molecule has 0 unspecified atom stereocenters. The number of rotatable bonds is 3. The van der Waals surface area contributed by atoms with Crippen molar-refractivity contribution in [3.8, 4) is 22.8 Å². The summed E-state index contributed by atoms with van der Waals surface area (Å²) < 4.78 is 38.2. The fourth-order valence-corrected chi connectivity index (χ4v) is 2.03. The van der Waals surface area contributed by atoms with Gasteiger partial charge in [-0.25, -0.2) is 8.78 Å². The lowest BCUT2D eigenvalue weighted by Crippen LogP contribution is -1.92. The Morgan fingerprint density at radius 1 is 0.952 bits per heavy atom. The third-order valence-electron chi connectivity index (χ3n) is 2.87. The van der Waals surface area contributed by atoms with Crippen LogP contribution in [0.25, 0.3) is 11.3 Å². The summed E-state index contributed by atoms with van der Waals surface area (Å²) in [5, 5.41) is -0.0832. The molecule has 2 aromatic carbocycles. The van der Waals surface area contributed by atoms with Crippen LogP contribution in [-0.2, 0) is 0 Å². The van der Waals surface area contributed by atoms with Gasteiger partial charge in [-0.2, -0.15) is 0 Å². The zero-order chi connectivity index (χ0) is 14.8. The average Bonchev–Trinajstić information content (AvgIpc) is 3.00. The van der Waals surface area contributed by atoms with E-state index in [9.17, 15) is 8.78 Å². The number of benzene rings is 2. The lowest BCUT2D eigenvalue weighted by molar-refractivity contribution is 0.415. The molecule has 0 fully saturated rings. The Morgan fingerprint density at radius 3 is 2.52 bits per heavy atom. The molecule has 106 valence electrons. The first-order valence-electron chi connectivity index (χ1n) is 6.10. The summed E-state index contributed by atoms with van der Waals surface area (Å²) in [6.45, 7) is 0. The first-order chi connectivity index (χ1) is 10.1. The van der Waals surface area contributed by atoms with Crippen LogP contribution in [0.1, 0.15) is 0 Å². The molecule has 0 aliphatic carbocycles. The monoisotopic (exact) mass is 306 g/mol. The molecule has 0 amide bonds. The zero-order valence-electron chi connectivity index (χ0n) is 10.6. The van der Waals surface area contributed by atoms with E-state index in [0.29, 0.717) is 11.3 Å². The first-order valence-corrected chi connectivity index (χ1v) is 6.48. The lowest BCUT2D eigenvalue weighted by Gasteiger charge is -2.09. The Bertz CT molecular complexity index is 770. The van der Waals surface area contributed by atoms with E-state index < -0.39 is 11.6 Å². The van der Waals surface area contributed by atoms with Gasteiger partial charge in [-0.3, -0.25) is 0 Å². The molecule has 21 heavy (non-hydrogen) atoms. The summed E-state index contributed by atoms with van der Waals surface area (Å²) in [7, 11) is 0. The van der Waals surface area contributed by atoms with E-state index in [-0.39, 0.29) is 16.5 Å². The molecule has 1 aromatic heterocycles. The summed E-state index contributed by atoms with van der Waals surface area (Å²) in [4.78, 5) is 0. The predicted molar refractivity (Wildman–Crippen MR) is 75.6 cm³/mol. The van der Waals surface area contributed by atoms with Crippen molar-refractivity contribution in [1.82, 2.24) is 0 Å². The maximum Gasteiger partial charge on any atom is 0.184 e. The predicted octanol–water partition coefficient (Wildman–Crippen LogP) is 5.67. The van der Waals surface area contributed by atoms with Crippen molar-refractivity contribution in [2.75, 3.05) is 0 Å². The second-order valence-corrected chi connectivity index (χ2v) is 4.68. The van der Waals surface area contributed by atoms with Gasteiger partial charge >= 0.3 is 0 Å². The largest absolute Gasteiger partial charge is 0.464 e. The molecule has 0 N–H and O–H groups in total. The van der Waals surface area contributed by atoms with Crippen LogP contribution in [0.2, 0.25) is 5.02 Å². The fourth-order valence-electron chi connectivity index (χ4n) is 1.86. The average molecular weight is 307 g/mol. The molecular weight excluding hydrogens is 298 g/mol. The SMILES string of the molecule is Fc1cc(-c2ccco2)ccc1Oc1cccc(Cl)c1F. The van der Waals surface area contributed by atoms with E-state index in [1.54, 1.807) is 18.2 Å². The van der Waals surface area contributed by atoms with Crippen molar-refractivity contribution in [1.29, 1.82) is 0 Å². The summed E-state index contributed by atoms with van der Waals surface area (Å²) in [6, 6.07) is 12.0. The molecule has 0 bridgehead atoms. The minimum absolute atomic E-state index is 0.0832. The summed E-state index contributed by atoms with van der Waals surface area (Å²) in [6.07, 6.45) is 1.50. The number of hydrogen-bond donors (Lipinski definition) is 0. The number of furan rings is 1. The number of ether oxygens (including phenoxy) is 1. The van der Waals surface area contributed by atoms with Crippen LogP contribution in [0.3, 0.4) is 0 Å². The van der Waals surface area contributed by atoms with Gasteiger partial charge in [0.25, 0.3) is 0 Å². The van der Waals surface area contributed by atoms with Crippen LogP contribution < -0.4 is 4.74 Å². The van der Waals surface area contributed by atoms with Crippen molar-refractivity contribution < 1.29 is 17.9 Å². The highest BCUT2D eigenvalue weighted by molar-refractivity contribution is 6.30. The molecule has 0 saturated carbocycles. The van der Waals surface area contributed by atoms with Gasteiger partial charge in [0.1, 0.15) is 5.76 Å². The van der Waals surface area contributed by atoms with Crippen molar-refractivity contribution in [3.05, 3.63) is 71.5 Å². The Balaban J connectivity index is 1.92. The second kappa shape index (κ2) is 5.58. The molecule has 5 heteroatoms. The zero-order valence-corrected chi connectivity index (χ0v) is 11.4. The van der Waals surface area contributed by atoms with Gasteiger partial charge in [-0.05, 0) is 42.5 Å². The van der Waals surface area contributed by atoms with E-state index >= 15 is 0 Å². The van der Waals surface area contributed by atoms with Crippen LogP contribution in [0.5, 0.6) is 11.5 Å². The van der Waals surface area contributed by atoms with Crippen LogP contribution in [0, 0.1) is 11.6 Å². The Kier molecular flexibility index (Phi) is 3.62. The van der Waals surface area contributed by atoms with Crippen molar-refractivity contribution in [2.45, 2.75) is 0 Å². The summed E-state index contributed by atoms with van der Waals surface area (Å²) in [5.41, 5.74) is 0.566. The minimum atomic E-state index is -0.728. The third kappa shape index (κ3) is 2.76. The smallest absolute Gasteiger partial charge is 0.184 e. The molecule has 1 heterocycles. The van der Waals surface area contributed by atoms with Crippen LogP contribution in [0.4, 0.5) is 8.78 Å². The summed E-state index contributed by atoms with van der Waals surface area (Å²) >= 11 is 5.65. The molecule has 0 aliphatic rings. The standard InChI is InChI=1S/C16H9ClF2O2/c17-11-3-1-4-15(16(11)19)21-14-7-6-10(9-12(14)18)13-5-2-8-20-13/h1-9H. The van der Waals surface area contributed by atoms with E-state index in [2.05, 4.69) is 0 Å². The maximum atomic E-state index is 14.0. The highest BCUT2D eigenvalue weighted by atomic mass is 35.5. The molecule has 0 spiro atoms. The van der Waals surface area contributed by atoms with E-state index in [0.717, 1.165) is 0 Å². The second-order valence-electron chi connectivity index (χ2n) is 4.28. The topological polar surface area (TPSA) is 22.4 Å². The quantitative estimate of drug-likeness (QED) is 0.622. The molecule has 0 atom stereocenters. The summed E-state index contributed by atoms with van der Waals surface area (Å²) in [5.74, 6) is -1.04. The van der Waals surface area contributed by atoms with Gasteiger partial charge in [0, 0.05) is 5.56 Å². The van der Waals surface area contributed by atoms with Gasteiger partial charge in [-0.15, -0.1) is 0 Å². The van der Waals surface area contributed by atoms with E-state index in [1.165, 1.54) is 36.6 Å². The van der Waals surface area contributed by atoms with Crippen molar-refractivity contribution >= 4 is 11.6 Å². The highest BCUT2D eigenvalue weighted by Crippen LogP contribution is 2.32. The van der Waals surface area contributed by atoms with Gasteiger partial charge < -0.3 is 9.15 Å². The Morgan fingerprint density at radius 2 is 1.81 bits per heavy atom. The molecule has 3 aromatic rings. The fraction of sp³-hybridized carbons (Fsp3) is 0. The van der Waals surface area contributed by atoms with Gasteiger partial charge in [-0.1, -0.05) is 17.7 Å². The third-order valence-corrected chi connectivity index (χ3v) is 3.17. The van der Waals surface area contributed by atoms with Crippen LogP contribution in [0.15, 0.2) is 59.2 Å². The Hall–Kier alpha value is -2.33. The minimum Gasteiger partial charge on any atom is -0.464 e. The van der Waals surface area contributed by atoms with Crippen molar-refractivity contribution in [3.63, 3.8) is 0 Å². The molecule has 0 aliphatic heterocycles. The van der Waals surface area contributed by atoms with Gasteiger partial charge in [0.05, 0.1) is 11.3 Å². The normalized spacial score (nSPS) is 10.6. The number of halogens is 3. The first kappa shape index (κ1) is 13.6. The highest BCUT2D eigenvalue weighted by Gasteiger charge is 2.12. The molecule has 3 rings (SSSR count). The maximum absolute atomic E-state index is 14.0. The molecule has 2 nitrogen and oxygen atoms in total. The molecule has 0 radical (unpaired) electrons. The molecule has 0 saturated heterocycles. The van der Waals surface area contributed by atoms with E-state index in [1.807, 2.05) is 0 Å². The van der Waals surface area contributed by atoms with Crippen LogP contribution in [-0.4, -0.2) is 0 Å². The van der Waals surface area contributed by atoms with Crippen LogP contribution >= 0.6 is 11.6 Å². The Labute approximate surface area is 124 Å². The van der Waals surface area contributed by atoms with E-state index in [4.69, 9.17) is 20.8 Å². The lowest BCUT2D eigenvalue weighted by atomic mass is 10.1. The van der Waals surface area contributed by atoms with Gasteiger partial charge in [0.15, 0.2) is 23.1 Å².